The zero-order valence-electron chi connectivity index (χ0n) is 16.5. The predicted octanol–water partition coefficient (Wildman–Crippen LogP) is 2.20. The van der Waals surface area contributed by atoms with Crippen molar-refractivity contribution in [3.63, 3.8) is 0 Å². The number of aromatic amines is 1. The van der Waals surface area contributed by atoms with Gasteiger partial charge < -0.3 is 15.4 Å². The minimum absolute atomic E-state index is 0.103. The Balaban J connectivity index is 2.01. The number of carbonyl (C=O) groups excluding carboxylic acids is 2. The second-order valence-corrected chi connectivity index (χ2v) is 7.97. The number of amides is 2. The summed E-state index contributed by atoms with van der Waals surface area (Å²) in [4.78, 5) is 38.7. The van der Waals surface area contributed by atoms with Gasteiger partial charge in [-0.1, -0.05) is 31.3 Å². The fraction of sp³-hybridized carbons (Fsp3) is 0.778. The Morgan fingerprint density at radius 3 is 2.70 bits per heavy atom. The number of carbonyl (C=O) groups is 2. The van der Waals surface area contributed by atoms with Crippen molar-refractivity contribution in [3.8, 4) is 0 Å². The SMILES string of the molecule is CCCC[C@H](NC(=O)OC(C)(C)C)C(=O)N[C@H]1CCC[C@H]1c1noc(=O)[nH]1. The van der Waals surface area contributed by atoms with Crippen LogP contribution in [0.3, 0.4) is 0 Å². The summed E-state index contributed by atoms with van der Waals surface area (Å²) in [5, 5.41) is 9.43. The van der Waals surface area contributed by atoms with Crippen LogP contribution in [0.2, 0.25) is 0 Å². The fourth-order valence-electron chi connectivity index (χ4n) is 3.27. The molecule has 0 aliphatic heterocycles. The summed E-state index contributed by atoms with van der Waals surface area (Å²) < 4.78 is 9.85. The highest BCUT2D eigenvalue weighted by Crippen LogP contribution is 2.32. The van der Waals surface area contributed by atoms with Crippen LogP contribution in [0.1, 0.15) is 78.0 Å². The molecule has 0 bridgehead atoms. The molecule has 3 atom stereocenters. The van der Waals surface area contributed by atoms with Gasteiger partial charge in [0.15, 0.2) is 5.82 Å². The average molecular weight is 382 g/mol. The Labute approximate surface area is 158 Å². The third-order valence-electron chi connectivity index (χ3n) is 4.51. The molecule has 3 N–H and O–H groups in total. The number of unbranched alkanes of at least 4 members (excludes halogenated alkanes) is 1. The zero-order chi connectivity index (χ0) is 20.0. The minimum Gasteiger partial charge on any atom is -0.444 e. The lowest BCUT2D eigenvalue weighted by Crippen LogP contribution is -2.51. The van der Waals surface area contributed by atoms with E-state index in [4.69, 9.17) is 4.74 Å². The van der Waals surface area contributed by atoms with Crippen LogP contribution in [0, 0.1) is 0 Å². The highest BCUT2D eigenvalue weighted by atomic mass is 16.6. The molecule has 152 valence electrons. The van der Waals surface area contributed by atoms with E-state index in [1.54, 1.807) is 20.8 Å². The van der Waals surface area contributed by atoms with E-state index in [0.29, 0.717) is 12.2 Å². The van der Waals surface area contributed by atoms with Crippen LogP contribution in [0.4, 0.5) is 4.79 Å². The number of hydrogen-bond donors (Lipinski definition) is 3. The van der Waals surface area contributed by atoms with Crippen LogP contribution in [-0.4, -0.2) is 39.8 Å². The summed E-state index contributed by atoms with van der Waals surface area (Å²) in [6.07, 6.45) is 4.11. The van der Waals surface area contributed by atoms with Crippen LogP contribution < -0.4 is 16.4 Å². The first-order chi connectivity index (χ1) is 12.7. The van der Waals surface area contributed by atoms with Gasteiger partial charge in [0.1, 0.15) is 11.6 Å². The summed E-state index contributed by atoms with van der Waals surface area (Å²) >= 11 is 0. The summed E-state index contributed by atoms with van der Waals surface area (Å²) in [6, 6.07) is -0.833. The lowest BCUT2D eigenvalue weighted by atomic mass is 10.0. The zero-order valence-corrected chi connectivity index (χ0v) is 16.5. The molecule has 1 fully saturated rings. The monoisotopic (exact) mass is 382 g/mol. The van der Waals surface area contributed by atoms with Crippen LogP contribution in [0.15, 0.2) is 9.32 Å². The van der Waals surface area contributed by atoms with E-state index in [-0.39, 0.29) is 17.9 Å². The van der Waals surface area contributed by atoms with Gasteiger partial charge in [-0.2, -0.15) is 0 Å². The smallest absolute Gasteiger partial charge is 0.438 e. The van der Waals surface area contributed by atoms with E-state index in [9.17, 15) is 14.4 Å². The van der Waals surface area contributed by atoms with Crippen LogP contribution in [-0.2, 0) is 9.53 Å². The van der Waals surface area contributed by atoms with Crippen molar-refractivity contribution in [1.82, 2.24) is 20.8 Å². The Bertz CT molecular complexity index is 690. The lowest BCUT2D eigenvalue weighted by molar-refractivity contribution is -0.124. The molecule has 1 aliphatic carbocycles. The molecule has 1 aromatic rings. The summed E-state index contributed by atoms with van der Waals surface area (Å²) in [6.45, 7) is 7.34. The summed E-state index contributed by atoms with van der Waals surface area (Å²) in [5.41, 5.74) is -0.634. The van der Waals surface area contributed by atoms with E-state index < -0.39 is 23.5 Å². The number of alkyl carbamates (subject to hydrolysis) is 1. The molecule has 1 aliphatic rings. The van der Waals surface area contributed by atoms with Crippen molar-refractivity contribution in [2.45, 2.75) is 89.8 Å². The minimum atomic E-state index is -0.669. The van der Waals surface area contributed by atoms with E-state index in [2.05, 4.69) is 25.3 Å². The molecule has 0 unspecified atom stereocenters. The molecule has 27 heavy (non-hydrogen) atoms. The van der Waals surface area contributed by atoms with Gasteiger partial charge in [0.2, 0.25) is 5.91 Å². The number of nitrogens with zero attached hydrogens (tertiary/aromatic N) is 1. The van der Waals surface area contributed by atoms with Gasteiger partial charge in [0, 0.05) is 12.0 Å². The second-order valence-electron chi connectivity index (χ2n) is 7.97. The third kappa shape index (κ3) is 6.41. The Kier molecular flexibility index (Phi) is 7.04. The molecule has 2 rings (SSSR count). The summed E-state index contributed by atoms with van der Waals surface area (Å²) in [7, 11) is 0. The van der Waals surface area contributed by atoms with E-state index >= 15 is 0 Å². The van der Waals surface area contributed by atoms with Crippen molar-refractivity contribution in [3.05, 3.63) is 16.4 Å². The van der Waals surface area contributed by atoms with Crippen molar-refractivity contribution < 1.29 is 18.8 Å². The number of hydrogen-bond acceptors (Lipinski definition) is 6. The molecular formula is C18H30N4O5. The fourth-order valence-corrected chi connectivity index (χ4v) is 3.27. The molecule has 1 saturated carbocycles. The van der Waals surface area contributed by atoms with E-state index in [1.165, 1.54) is 0 Å². The molecule has 0 aromatic carbocycles. The van der Waals surface area contributed by atoms with Gasteiger partial charge in [-0.25, -0.2) is 9.59 Å². The van der Waals surface area contributed by atoms with Crippen LogP contribution in [0.25, 0.3) is 0 Å². The molecule has 9 nitrogen and oxygen atoms in total. The Hall–Kier alpha value is -2.32. The van der Waals surface area contributed by atoms with Gasteiger partial charge in [-0.15, -0.1) is 0 Å². The maximum atomic E-state index is 12.8. The normalized spacial score (nSPS) is 20.9. The highest BCUT2D eigenvalue weighted by molar-refractivity contribution is 5.86. The average Bonchev–Trinajstić information content (AvgIpc) is 3.18. The third-order valence-corrected chi connectivity index (χ3v) is 4.51. The maximum absolute atomic E-state index is 12.8. The molecule has 2 amide bonds. The Morgan fingerprint density at radius 2 is 2.11 bits per heavy atom. The second kappa shape index (κ2) is 9.05. The molecule has 0 spiro atoms. The predicted molar refractivity (Wildman–Crippen MR) is 98.3 cm³/mol. The van der Waals surface area contributed by atoms with Crippen molar-refractivity contribution in [2.75, 3.05) is 0 Å². The first kappa shape index (κ1) is 21.0. The summed E-state index contributed by atoms with van der Waals surface area (Å²) in [5.74, 6) is -0.506. The first-order valence-electron chi connectivity index (χ1n) is 9.55. The van der Waals surface area contributed by atoms with Crippen molar-refractivity contribution in [2.24, 2.45) is 0 Å². The molecule has 9 heteroatoms. The largest absolute Gasteiger partial charge is 0.444 e. The number of aromatic nitrogens is 2. The van der Waals surface area contributed by atoms with Crippen LogP contribution in [0.5, 0.6) is 0 Å². The van der Waals surface area contributed by atoms with Crippen LogP contribution >= 0.6 is 0 Å². The molecule has 1 heterocycles. The van der Waals surface area contributed by atoms with Gasteiger partial charge >= 0.3 is 11.8 Å². The highest BCUT2D eigenvalue weighted by Gasteiger charge is 2.34. The number of nitrogens with one attached hydrogen (secondary N) is 3. The topological polar surface area (TPSA) is 126 Å². The van der Waals surface area contributed by atoms with Gasteiger partial charge in [-0.3, -0.25) is 14.3 Å². The molecule has 0 radical (unpaired) electrons. The molecular weight excluding hydrogens is 352 g/mol. The molecule has 1 aromatic heterocycles. The Morgan fingerprint density at radius 1 is 1.37 bits per heavy atom. The van der Waals surface area contributed by atoms with E-state index in [1.807, 2.05) is 6.92 Å². The van der Waals surface area contributed by atoms with Gasteiger partial charge in [-0.05, 0) is 40.0 Å². The van der Waals surface area contributed by atoms with Gasteiger partial charge in [0.05, 0.1) is 0 Å². The lowest BCUT2D eigenvalue weighted by Gasteiger charge is -2.25. The number of rotatable bonds is 7. The maximum Gasteiger partial charge on any atom is 0.438 e. The van der Waals surface area contributed by atoms with E-state index in [0.717, 1.165) is 32.1 Å². The van der Waals surface area contributed by atoms with Crippen molar-refractivity contribution in [1.29, 1.82) is 0 Å². The standard InChI is InChI=1S/C18H30N4O5/c1-5-6-9-13(20-16(24)26-18(2,3)4)15(23)19-12-10-7-8-11(12)14-21-17(25)27-22-14/h11-13H,5-10H2,1-4H3,(H,19,23)(H,20,24)(H,21,22,25)/t11-,12+,13+/m1/s1. The van der Waals surface area contributed by atoms with Crippen molar-refractivity contribution >= 4 is 12.0 Å². The number of ether oxygens (including phenoxy) is 1. The number of H-pyrrole nitrogens is 1. The quantitative estimate of drug-likeness (QED) is 0.663. The molecule has 0 saturated heterocycles. The first-order valence-corrected chi connectivity index (χ1v) is 9.55. The van der Waals surface area contributed by atoms with Gasteiger partial charge in [0.25, 0.3) is 0 Å².